The van der Waals surface area contributed by atoms with Crippen LogP contribution in [0, 0.1) is 0 Å². The minimum Gasteiger partial charge on any atom is -0.457 e. The van der Waals surface area contributed by atoms with Crippen molar-refractivity contribution in [2.75, 3.05) is 6.61 Å². The summed E-state index contributed by atoms with van der Waals surface area (Å²) in [6.45, 7) is 9.34. The van der Waals surface area contributed by atoms with Gasteiger partial charge in [-0.1, -0.05) is 18.2 Å². The molecular weight excluding hydrogens is 442 g/mol. The number of carbonyl (C=O) groups excluding carboxylic acids is 4. The topological polar surface area (TPSA) is 110 Å². The van der Waals surface area contributed by atoms with E-state index in [1.54, 1.807) is 63.6 Å². The molecule has 2 rings (SSSR count). The van der Waals surface area contributed by atoms with Crippen molar-refractivity contribution in [2.24, 2.45) is 0 Å². The molecule has 0 aliphatic carbocycles. The first kappa shape index (κ1) is 26.6. The summed E-state index contributed by atoms with van der Waals surface area (Å²) in [6, 6.07) is 1.71. The average Bonchev–Trinajstić information content (AvgIpc) is 3.37. The van der Waals surface area contributed by atoms with Crippen LogP contribution in [0.4, 0.5) is 0 Å². The molecule has 0 N–H and O–H groups in total. The third-order valence-corrected chi connectivity index (χ3v) is 5.46. The summed E-state index contributed by atoms with van der Waals surface area (Å²) in [7, 11) is 0. The van der Waals surface area contributed by atoms with Gasteiger partial charge in [0.25, 0.3) is 0 Å². The second kappa shape index (κ2) is 12.0. The fraction of sp³-hybridized carbons (Fsp3) is 0.440. The lowest BCUT2D eigenvalue weighted by Gasteiger charge is -2.15. The van der Waals surface area contributed by atoms with Gasteiger partial charge in [0.15, 0.2) is 6.23 Å². The van der Waals surface area contributed by atoms with Crippen LogP contribution in [0.5, 0.6) is 0 Å². The molecular formula is C25H31NO8. The number of allylic oxidation sites excluding steroid dienone is 3. The summed E-state index contributed by atoms with van der Waals surface area (Å²) < 4.78 is 23.3. The fourth-order valence-corrected chi connectivity index (χ4v) is 3.27. The molecule has 184 valence electrons. The summed E-state index contributed by atoms with van der Waals surface area (Å²) in [5.41, 5.74) is 2.27. The summed E-state index contributed by atoms with van der Waals surface area (Å²) in [5, 5.41) is 0. The number of fused-ring (bicyclic) bond motifs is 1. The first-order valence-corrected chi connectivity index (χ1v) is 11.0. The minimum absolute atomic E-state index is 0.107. The van der Waals surface area contributed by atoms with Gasteiger partial charge in [-0.15, -0.1) is 0 Å². The van der Waals surface area contributed by atoms with Crippen molar-refractivity contribution in [1.29, 1.82) is 0 Å². The smallest absolute Gasteiger partial charge is 0.337 e. The molecule has 1 aromatic rings. The molecule has 1 aliphatic rings. The molecule has 0 unspecified atom stereocenters. The first-order valence-electron chi connectivity index (χ1n) is 11.0. The lowest BCUT2D eigenvalue weighted by atomic mass is 10.1. The Balaban J connectivity index is 2.14. The maximum Gasteiger partial charge on any atom is 0.337 e. The number of hydrogen-bond acceptors (Lipinski definition) is 8. The molecule has 2 atom stereocenters. The van der Waals surface area contributed by atoms with E-state index in [1.807, 2.05) is 0 Å². The normalized spacial score (nSPS) is 18.2. The van der Waals surface area contributed by atoms with Gasteiger partial charge in [-0.05, 0) is 40.7 Å². The molecule has 0 saturated heterocycles. The SMILES string of the molecule is CC=C(C)C(=O)OCC(=CC)C(=O)OCc1ccn2c1[C@H](OC(=O)C(C)=CC)C[C@H]2OC(C)=O. The molecule has 0 amide bonds. The second-order valence-corrected chi connectivity index (χ2v) is 7.74. The van der Waals surface area contributed by atoms with Crippen LogP contribution in [-0.2, 0) is 44.7 Å². The Morgan fingerprint density at radius 2 is 1.56 bits per heavy atom. The summed E-state index contributed by atoms with van der Waals surface area (Å²) >= 11 is 0. The van der Waals surface area contributed by atoms with Crippen LogP contribution in [0.2, 0.25) is 0 Å². The van der Waals surface area contributed by atoms with E-state index in [0.29, 0.717) is 22.4 Å². The van der Waals surface area contributed by atoms with Crippen molar-refractivity contribution < 1.29 is 38.1 Å². The molecule has 1 aliphatic heterocycles. The van der Waals surface area contributed by atoms with Crippen molar-refractivity contribution in [3.63, 3.8) is 0 Å². The molecule has 0 spiro atoms. The van der Waals surface area contributed by atoms with Gasteiger partial charge in [-0.3, -0.25) is 4.79 Å². The summed E-state index contributed by atoms with van der Waals surface area (Å²) in [5.74, 6) is -2.10. The zero-order valence-corrected chi connectivity index (χ0v) is 20.4. The first-order chi connectivity index (χ1) is 16.1. The predicted octanol–water partition coefficient (Wildman–Crippen LogP) is 4.00. The summed E-state index contributed by atoms with van der Waals surface area (Å²) in [6.07, 6.45) is 5.41. The highest BCUT2D eigenvalue weighted by molar-refractivity contribution is 5.91. The van der Waals surface area contributed by atoms with Crippen LogP contribution in [0.1, 0.15) is 71.6 Å². The highest BCUT2D eigenvalue weighted by Crippen LogP contribution is 2.41. The number of ether oxygens (including phenoxy) is 4. The van der Waals surface area contributed by atoms with E-state index in [9.17, 15) is 19.2 Å². The van der Waals surface area contributed by atoms with Crippen molar-refractivity contribution in [3.05, 3.63) is 58.5 Å². The number of aromatic nitrogens is 1. The average molecular weight is 474 g/mol. The molecule has 0 saturated carbocycles. The molecule has 34 heavy (non-hydrogen) atoms. The molecule has 9 nitrogen and oxygen atoms in total. The van der Waals surface area contributed by atoms with Crippen molar-refractivity contribution in [3.8, 4) is 0 Å². The molecule has 0 radical (unpaired) electrons. The van der Waals surface area contributed by atoms with E-state index in [-0.39, 0.29) is 25.2 Å². The van der Waals surface area contributed by atoms with E-state index < -0.39 is 36.2 Å². The Labute approximate surface area is 199 Å². The standard InChI is InChI=1S/C25H31NO8/c1-7-15(4)23(28)31-13-18(9-3)25(30)32-14-19-10-11-26-21(33-17(6)27)12-20(22(19)26)34-24(29)16(5)8-2/h7-11,20-21H,12-14H2,1-6H3/t20-,21-/m1/s1. The highest BCUT2D eigenvalue weighted by atomic mass is 16.6. The van der Waals surface area contributed by atoms with Crippen molar-refractivity contribution in [2.45, 2.75) is 66.9 Å². The van der Waals surface area contributed by atoms with E-state index in [2.05, 4.69) is 0 Å². The van der Waals surface area contributed by atoms with Crippen LogP contribution >= 0.6 is 0 Å². The Hall–Kier alpha value is -3.62. The zero-order chi connectivity index (χ0) is 25.4. The van der Waals surface area contributed by atoms with Crippen molar-refractivity contribution in [1.82, 2.24) is 4.57 Å². The molecule has 2 heterocycles. The molecule has 0 aromatic carbocycles. The third-order valence-electron chi connectivity index (χ3n) is 5.46. The van der Waals surface area contributed by atoms with Crippen LogP contribution < -0.4 is 0 Å². The van der Waals surface area contributed by atoms with Gasteiger partial charge in [0.1, 0.15) is 19.3 Å². The number of nitrogens with zero attached hydrogens (tertiary/aromatic N) is 1. The van der Waals surface area contributed by atoms with E-state index in [1.165, 1.54) is 13.0 Å². The zero-order valence-electron chi connectivity index (χ0n) is 20.4. The Morgan fingerprint density at radius 3 is 2.15 bits per heavy atom. The van der Waals surface area contributed by atoms with Crippen molar-refractivity contribution >= 4 is 23.9 Å². The predicted molar refractivity (Wildman–Crippen MR) is 122 cm³/mol. The van der Waals surface area contributed by atoms with E-state index >= 15 is 0 Å². The highest BCUT2D eigenvalue weighted by Gasteiger charge is 2.37. The lowest BCUT2D eigenvalue weighted by molar-refractivity contribution is -0.153. The van der Waals surface area contributed by atoms with E-state index in [4.69, 9.17) is 18.9 Å². The second-order valence-electron chi connectivity index (χ2n) is 7.74. The number of hydrogen-bond donors (Lipinski definition) is 0. The fourth-order valence-electron chi connectivity index (χ4n) is 3.27. The number of esters is 4. The van der Waals surface area contributed by atoms with Gasteiger partial charge in [0.2, 0.25) is 0 Å². The lowest BCUT2D eigenvalue weighted by Crippen LogP contribution is -2.16. The molecule has 0 bridgehead atoms. The Bertz CT molecular complexity index is 1040. The Kier molecular flexibility index (Phi) is 9.41. The number of rotatable bonds is 9. The molecule has 0 fully saturated rings. The number of carbonyl (C=O) groups is 4. The van der Waals surface area contributed by atoms with Gasteiger partial charge in [-0.25, -0.2) is 14.4 Å². The van der Waals surface area contributed by atoms with Crippen LogP contribution in [0.15, 0.2) is 47.2 Å². The van der Waals surface area contributed by atoms with Gasteiger partial charge < -0.3 is 23.5 Å². The Morgan fingerprint density at radius 1 is 0.912 bits per heavy atom. The van der Waals surface area contributed by atoms with Gasteiger partial charge in [0.05, 0.1) is 11.3 Å². The van der Waals surface area contributed by atoms with Gasteiger partial charge in [-0.2, -0.15) is 0 Å². The van der Waals surface area contributed by atoms with E-state index in [0.717, 1.165) is 0 Å². The largest absolute Gasteiger partial charge is 0.457 e. The van der Waals surface area contributed by atoms with Gasteiger partial charge in [0, 0.05) is 36.3 Å². The monoisotopic (exact) mass is 473 g/mol. The minimum atomic E-state index is -0.679. The maximum absolute atomic E-state index is 12.6. The third kappa shape index (κ3) is 6.46. The van der Waals surface area contributed by atoms with Crippen LogP contribution in [-0.4, -0.2) is 35.1 Å². The molecule has 1 aromatic heterocycles. The molecule has 9 heteroatoms. The maximum atomic E-state index is 12.6. The van der Waals surface area contributed by atoms with Crippen LogP contribution in [0.3, 0.4) is 0 Å². The quantitative estimate of drug-likeness (QED) is 0.301. The van der Waals surface area contributed by atoms with Gasteiger partial charge >= 0.3 is 23.9 Å². The summed E-state index contributed by atoms with van der Waals surface area (Å²) in [4.78, 5) is 48.3. The van der Waals surface area contributed by atoms with Crippen LogP contribution in [0.25, 0.3) is 0 Å².